The second kappa shape index (κ2) is 6.71. The summed E-state index contributed by atoms with van der Waals surface area (Å²) in [6.07, 6.45) is 7.21. The van der Waals surface area contributed by atoms with Gasteiger partial charge in [-0.1, -0.05) is 19.8 Å². The van der Waals surface area contributed by atoms with Crippen LogP contribution in [0.2, 0.25) is 0 Å². The number of carbonyl (C=O) groups is 1. The van der Waals surface area contributed by atoms with Gasteiger partial charge in [-0.15, -0.1) is 0 Å². The third-order valence-corrected chi connectivity index (χ3v) is 4.67. The van der Waals surface area contributed by atoms with E-state index in [1.165, 1.54) is 12.8 Å². The summed E-state index contributed by atoms with van der Waals surface area (Å²) in [5.41, 5.74) is 0. The first-order valence-corrected chi connectivity index (χ1v) is 7.86. The first kappa shape index (κ1) is 14.8. The zero-order valence-electron chi connectivity index (χ0n) is 12.3. The minimum absolute atomic E-state index is 0.0494. The number of hydrogen-bond donors (Lipinski definition) is 2. The van der Waals surface area contributed by atoms with Gasteiger partial charge in [0.1, 0.15) is 0 Å². The van der Waals surface area contributed by atoms with Gasteiger partial charge in [-0.05, 0) is 39.0 Å². The van der Waals surface area contributed by atoms with Gasteiger partial charge < -0.3 is 10.4 Å². The maximum absolute atomic E-state index is 12.2. The van der Waals surface area contributed by atoms with Crippen molar-refractivity contribution in [3.8, 4) is 0 Å². The second-order valence-electron chi connectivity index (χ2n) is 6.13. The molecular weight excluding hydrogens is 240 g/mol. The van der Waals surface area contributed by atoms with E-state index in [1.807, 2.05) is 6.92 Å². The quantitative estimate of drug-likeness (QED) is 0.721. The molecule has 4 heteroatoms. The number of hydrogen-bond acceptors (Lipinski definition) is 3. The predicted molar refractivity (Wildman–Crippen MR) is 75.9 cm³/mol. The van der Waals surface area contributed by atoms with E-state index in [1.54, 1.807) is 0 Å². The lowest BCUT2D eigenvalue weighted by Crippen LogP contribution is -2.54. The molecule has 2 heterocycles. The molecule has 4 nitrogen and oxygen atoms in total. The summed E-state index contributed by atoms with van der Waals surface area (Å²) in [6.45, 7) is 4.97. The Morgan fingerprint density at radius 2 is 1.95 bits per heavy atom. The standard InChI is InChI=1S/C15H28N2O2/c1-3-4-5-8-16-15(19)11(2)17-12-6-7-13(17)10-14(18)9-12/h11-14,18H,3-10H2,1-2H3,(H,16,19). The summed E-state index contributed by atoms with van der Waals surface area (Å²) in [5.74, 6) is 0.157. The number of unbranched alkanes of at least 4 members (excludes halogenated alkanes) is 2. The van der Waals surface area contributed by atoms with Crippen molar-refractivity contribution in [2.45, 2.75) is 83.0 Å². The molecule has 2 N–H and O–H groups in total. The van der Waals surface area contributed by atoms with Gasteiger partial charge in [0.25, 0.3) is 0 Å². The van der Waals surface area contributed by atoms with E-state index in [-0.39, 0.29) is 18.1 Å². The fraction of sp³-hybridized carbons (Fsp3) is 0.933. The lowest BCUT2D eigenvalue weighted by molar-refractivity contribution is -0.128. The fourth-order valence-electron chi connectivity index (χ4n) is 3.69. The molecule has 2 saturated heterocycles. The third-order valence-electron chi connectivity index (χ3n) is 4.67. The Hall–Kier alpha value is -0.610. The van der Waals surface area contributed by atoms with Crippen LogP contribution in [0.15, 0.2) is 0 Å². The molecule has 0 aromatic heterocycles. The zero-order valence-corrected chi connectivity index (χ0v) is 12.3. The highest BCUT2D eigenvalue weighted by Gasteiger charge is 2.43. The number of fused-ring (bicyclic) bond motifs is 2. The highest BCUT2D eigenvalue weighted by Crippen LogP contribution is 2.37. The molecule has 110 valence electrons. The monoisotopic (exact) mass is 268 g/mol. The van der Waals surface area contributed by atoms with Gasteiger partial charge in [-0.3, -0.25) is 9.69 Å². The summed E-state index contributed by atoms with van der Waals surface area (Å²) < 4.78 is 0. The molecule has 3 atom stereocenters. The number of aliphatic hydroxyl groups excluding tert-OH is 1. The maximum Gasteiger partial charge on any atom is 0.237 e. The van der Waals surface area contributed by atoms with Crippen molar-refractivity contribution in [1.82, 2.24) is 10.2 Å². The molecule has 0 aromatic carbocycles. The number of carbonyl (C=O) groups excluding carboxylic acids is 1. The zero-order chi connectivity index (χ0) is 13.8. The molecule has 19 heavy (non-hydrogen) atoms. The number of rotatable bonds is 6. The summed E-state index contributed by atoms with van der Waals surface area (Å²) in [6, 6.07) is 0.766. The van der Waals surface area contributed by atoms with Gasteiger partial charge >= 0.3 is 0 Å². The number of nitrogens with one attached hydrogen (secondary N) is 1. The van der Waals surface area contributed by atoms with Crippen LogP contribution >= 0.6 is 0 Å². The SMILES string of the molecule is CCCCCNC(=O)C(C)N1C2CCC1CC(O)C2. The van der Waals surface area contributed by atoms with E-state index in [9.17, 15) is 9.90 Å². The maximum atomic E-state index is 12.2. The molecule has 0 aromatic rings. The highest BCUT2D eigenvalue weighted by molar-refractivity contribution is 5.81. The van der Waals surface area contributed by atoms with Crippen molar-refractivity contribution in [3.63, 3.8) is 0 Å². The van der Waals surface area contributed by atoms with Crippen molar-refractivity contribution in [2.75, 3.05) is 6.54 Å². The van der Waals surface area contributed by atoms with Crippen LogP contribution in [0.3, 0.4) is 0 Å². The Morgan fingerprint density at radius 1 is 1.32 bits per heavy atom. The number of nitrogens with zero attached hydrogens (tertiary/aromatic N) is 1. The highest BCUT2D eigenvalue weighted by atomic mass is 16.3. The molecule has 2 aliphatic heterocycles. The van der Waals surface area contributed by atoms with E-state index in [0.717, 1.165) is 38.6 Å². The summed E-state index contributed by atoms with van der Waals surface area (Å²) in [5, 5.41) is 12.9. The molecular formula is C15H28N2O2. The van der Waals surface area contributed by atoms with Crippen molar-refractivity contribution >= 4 is 5.91 Å². The normalized spacial score (nSPS) is 32.3. The van der Waals surface area contributed by atoms with Crippen LogP contribution in [0, 0.1) is 0 Å². The van der Waals surface area contributed by atoms with Gasteiger partial charge in [0, 0.05) is 18.6 Å². The fourth-order valence-corrected chi connectivity index (χ4v) is 3.69. The van der Waals surface area contributed by atoms with Crippen LogP contribution in [0.1, 0.15) is 58.8 Å². The predicted octanol–water partition coefficient (Wildman–Crippen LogP) is 1.67. The first-order valence-electron chi connectivity index (χ1n) is 7.86. The molecule has 1 amide bonds. The van der Waals surface area contributed by atoms with Gasteiger partial charge in [0.2, 0.25) is 5.91 Å². The molecule has 0 saturated carbocycles. The Kier molecular flexibility index (Phi) is 5.22. The second-order valence-corrected chi connectivity index (χ2v) is 6.13. The lowest BCUT2D eigenvalue weighted by atomic mass is 9.98. The van der Waals surface area contributed by atoms with Gasteiger partial charge in [-0.2, -0.15) is 0 Å². The van der Waals surface area contributed by atoms with Gasteiger partial charge in [-0.25, -0.2) is 0 Å². The molecule has 0 radical (unpaired) electrons. The summed E-state index contributed by atoms with van der Waals surface area (Å²) in [4.78, 5) is 14.5. The Morgan fingerprint density at radius 3 is 2.53 bits per heavy atom. The molecule has 2 aliphatic rings. The summed E-state index contributed by atoms with van der Waals surface area (Å²) in [7, 11) is 0. The minimum Gasteiger partial charge on any atom is -0.393 e. The Labute approximate surface area is 116 Å². The van der Waals surface area contributed by atoms with E-state index in [4.69, 9.17) is 0 Å². The number of aliphatic hydroxyl groups is 1. The molecule has 2 rings (SSSR count). The first-order chi connectivity index (χ1) is 9.13. The van der Waals surface area contributed by atoms with Gasteiger partial charge in [0.05, 0.1) is 12.1 Å². The van der Waals surface area contributed by atoms with Crippen molar-refractivity contribution in [2.24, 2.45) is 0 Å². The Balaban J connectivity index is 1.82. The van der Waals surface area contributed by atoms with E-state index in [2.05, 4.69) is 17.1 Å². The molecule has 0 aliphatic carbocycles. The third kappa shape index (κ3) is 3.48. The molecule has 2 bridgehead atoms. The average Bonchev–Trinajstić information content (AvgIpc) is 2.65. The lowest BCUT2D eigenvalue weighted by Gasteiger charge is -2.40. The minimum atomic E-state index is -0.159. The van der Waals surface area contributed by atoms with E-state index >= 15 is 0 Å². The molecule has 3 unspecified atom stereocenters. The smallest absolute Gasteiger partial charge is 0.237 e. The van der Waals surface area contributed by atoms with Gasteiger partial charge in [0.15, 0.2) is 0 Å². The Bertz CT molecular complexity index is 295. The van der Waals surface area contributed by atoms with E-state index in [0.29, 0.717) is 12.1 Å². The van der Waals surface area contributed by atoms with Crippen LogP contribution in [0.5, 0.6) is 0 Å². The largest absolute Gasteiger partial charge is 0.393 e. The van der Waals surface area contributed by atoms with E-state index < -0.39 is 0 Å². The molecule has 0 spiro atoms. The number of amides is 1. The van der Waals surface area contributed by atoms with Crippen molar-refractivity contribution < 1.29 is 9.90 Å². The van der Waals surface area contributed by atoms with Crippen LogP contribution in [-0.2, 0) is 4.79 Å². The average molecular weight is 268 g/mol. The molecule has 2 fully saturated rings. The topological polar surface area (TPSA) is 52.6 Å². The summed E-state index contributed by atoms with van der Waals surface area (Å²) >= 11 is 0. The number of piperidine rings is 1. The van der Waals surface area contributed by atoms with Crippen molar-refractivity contribution in [3.05, 3.63) is 0 Å². The van der Waals surface area contributed by atoms with Crippen molar-refractivity contribution in [1.29, 1.82) is 0 Å². The van der Waals surface area contributed by atoms with Crippen LogP contribution in [0.25, 0.3) is 0 Å². The van der Waals surface area contributed by atoms with Crippen LogP contribution < -0.4 is 5.32 Å². The van der Waals surface area contributed by atoms with Crippen LogP contribution in [0.4, 0.5) is 0 Å². The van der Waals surface area contributed by atoms with Crippen LogP contribution in [-0.4, -0.2) is 46.7 Å².